The van der Waals surface area contributed by atoms with Crippen LogP contribution in [0.2, 0.25) is 0 Å². The number of pyridine rings is 1. The maximum atomic E-state index is 12.6. The molecular formula is C9H6ClF5N2O2. The summed E-state index contributed by atoms with van der Waals surface area (Å²) in [4.78, 5) is 14.1. The fraction of sp³-hybridized carbons (Fsp3) is 0.333. The van der Waals surface area contributed by atoms with Crippen LogP contribution in [0.5, 0.6) is 5.88 Å². The van der Waals surface area contributed by atoms with Crippen molar-refractivity contribution in [3.05, 3.63) is 22.9 Å². The lowest BCUT2D eigenvalue weighted by Gasteiger charge is -2.14. The zero-order valence-electron chi connectivity index (χ0n) is 8.97. The summed E-state index contributed by atoms with van der Waals surface area (Å²) < 4.78 is 64.7. The van der Waals surface area contributed by atoms with Gasteiger partial charge >= 0.3 is 6.36 Å². The molecule has 1 aromatic heterocycles. The van der Waals surface area contributed by atoms with Gasteiger partial charge in [0.05, 0.1) is 16.8 Å². The van der Waals surface area contributed by atoms with Crippen molar-refractivity contribution in [3.63, 3.8) is 0 Å². The average Bonchev–Trinajstić information content (AvgIpc) is 2.25. The maximum Gasteiger partial charge on any atom is 0.574 e. The van der Waals surface area contributed by atoms with E-state index in [2.05, 4.69) is 9.72 Å². The zero-order valence-corrected chi connectivity index (χ0v) is 9.73. The molecule has 4 nitrogen and oxygen atoms in total. The predicted molar refractivity (Wildman–Crippen MR) is 54.0 cm³/mol. The SMILES string of the molecule is NCc1nc(OC(F)(F)F)c(C(F)F)cc1C(=O)Cl. The molecule has 1 rings (SSSR count). The van der Waals surface area contributed by atoms with Crippen molar-refractivity contribution in [3.8, 4) is 5.88 Å². The molecule has 0 atom stereocenters. The van der Waals surface area contributed by atoms with Gasteiger partial charge in [0.2, 0.25) is 5.88 Å². The number of carbonyl (C=O) groups excluding carboxylic acids is 1. The molecule has 0 aliphatic heterocycles. The Morgan fingerprint density at radius 1 is 1.47 bits per heavy atom. The fourth-order valence-corrected chi connectivity index (χ4v) is 1.39. The van der Waals surface area contributed by atoms with E-state index in [-0.39, 0.29) is 5.69 Å². The molecule has 0 aliphatic carbocycles. The molecule has 106 valence electrons. The van der Waals surface area contributed by atoms with E-state index >= 15 is 0 Å². The van der Waals surface area contributed by atoms with Crippen LogP contribution in [0.3, 0.4) is 0 Å². The third-order valence-corrected chi connectivity index (χ3v) is 2.15. The summed E-state index contributed by atoms with van der Waals surface area (Å²) in [6.45, 7) is -0.467. The van der Waals surface area contributed by atoms with Crippen LogP contribution in [0.4, 0.5) is 22.0 Å². The van der Waals surface area contributed by atoms with Crippen LogP contribution >= 0.6 is 11.6 Å². The van der Waals surface area contributed by atoms with Gasteiger partial charge in [-0.2, -0.15) is 0 Å². The van der Waals surface area contributed by atoms with Crippen LogP contribution in [0.25, 0.3) is 0 Å². The van der Waals surface area contributed by atoms with Gasteiger partial charge in [-0.25, -0.2) is 13.8 Å². The van der Waals surface area contributed by atoms with Gasteiger partial charge in [0.25, 0.3) is 11.7 Å². The van der Waals surface area contributed by atoms with Crippen LogP contribution in [0.1, 0.15) is 28.0 Å². The van der Waals surface area contributed by atoms with Gasteiger partial charge in [-0.05, 0) is 17.7 Å². The number of hydrogen-bond donors (Lipinski definition) is 1. The molecule has 2 N–H and O–H groups in total. The molecular weight excluding hydrogens is 299 g/mol. The highest BCUT2D eigenvalue weighted by atomic mass is 35.5. The van der Waals surface area contributed by atoms with E-state index in [4.69, 9.17) is 17.3 Å². The summed E-state index contributed by atoms with van der Waals surface area (Å²) in [7, 11) is 0. The largest absolute Gasteiger partial charge is 0.574 e. The summed E-state index contributed by atoms with van der Waals surface area (Å²) in [5, 5.41) is -1.16. The lowest BCUT2D eigenvalue weighted by Crippen LogP contribution is -2.20. The van der Waals surface area contributed by atoms with E-state index < -0.39 is 41.6 Å². The molecule has 0 aromatic carbocycles. The van der Waals surface area contributed by atoms with Gasteiger partial charge in [-0.3, -0.25) is 4.79 Å². The van der Waals surface area contributed by atoms with E-state index in [0.29, 0.717) is 6.07 Å². The summed E-state index contributed by atoms with van der Waals surface area (Å²) in [5.41, 5.74) is 3.09. The molecule has 1 aromatic rings. The monoisotopic (exact) mass is 304 g/mol. The third kappa shape index (κ3) is 4.00. The Hall–Kier alpha value is -1.48. The van der Waals surface area contributed by atoms with Crippen molar-refractivity contribution in [1.29, 1.82) is 0 Å². The Balaban J connectivity index is 3.40. The molecule has 0 aliphatic rings. The van der Waals surface area contributed by atoms with Crippen molar-refractivity contribution in [2.24, 2.45) is 5.73 Å². The number of rotatable bonds is 4. The molecule has 0 unspecified atom stereocenters. The Morgan fingerprint density at radius 2 is 2.05 bits per heavy atom. The molecule has 0 saturated heterocycles. The molecule has 10 heteroatoms. The highest BCUT2D eigenvalue weighted by Gasteiger charge is 2.35. The second-order valence-corrected chi connectivity index (χ2v) is 3.55. The lowest BCUT2D eigenvalue weighted by molar-refractivity contribution is -0.276. The lowest BCUT2D eigenvalue weighted by atomic mass is 10.1. The smallest absolute Gasteiger partial charge is 0.387 e. The summed E-state index contributed by atoms with van der Waals surface area (Å²) in [6.07, 6.45) is -8.53. The minimum absolute atomic E-state index is 0.372. The van der Waals surface area contributed by atoms with E-state index in [1.54, 1.807) is 0 Å². The van der Waals surface area contributed by atoms with Gasteiger partial charge in [0, 0.05) is 6.54 Å². The van der Waals surface area contributed by atoms with Crippen LogP contribution in [-0.4, -0.2) is 16.6 Å². The molecule has 0 saturated carbocycles. The van der Waals surface area contributed by atoms with Crippen LogP contribution < -0.4 is 10.5 Å². The predicted octanol–water partition coefficient (Wildman–Crippen LogP) is 2.76. The fourth-order valence-electron chi connectivity index (χ4n) is 1.22. The number of carbonyl (C=O) groups is 1. The number of alkyl halides is 5. The normalized spacial score (nSPS) is 11.8. The Kier molecular flexibility index (Phi) is 4.64. The van der Waals surface area contributed by atoms with Gasteiger partial charge in [-0.1, -0.05) is 0 Å². The van der Waals surface area contributed by atoms with Crippen molar-refractivity contribution in [1.82, 2.24) is 4.98 Å². The second-order valence-electron chi connectivity index (χ2n) is 3.20. The zero-order chi connectivity index (χ0) is 14.8. The first-order valence-corrected chi connectivity index (χ1v) is 5.01. The second kappa shape index (κ2) is 5.66. The van der Waals surface area contributed by atoms with E-state index in [9.17, 15) is 26.7 Å². The summed E-state index contributed by atoms with van der Waals surface area (Å²) in [6, 6.07) is 0.482. The van der Waals surface area contributed by atoms with Crippen molar-refractivity contribution < 1.29 is 31.5 Å². The van der Waals surface area contributed by atoms with Crippen molar-refractivity contribution >= 4 is 16.8 Å². The first kappa shape index (κ1) is 15.6. The average molecular weight is 305 g/mol. The van der Waals surface area contributed by atoms with Gasteiger partial charge in [-0.15, -0.1) is 13.2 Å². The molecule has 0 fully saturated rings. The van der Waals surface area contributed by atoms with Crippen LogP contribution in [-0.2, 0) is 6.54 Å². The van der Waals surface area contributed by atoms with E-state index in [1.165, 1.54) is 0 Å². The van der Waals surface area contributed by atoms with Crippen LogP contribution in [0.15, 0.2) is 6.07 Å². The highest BCUT2D eigenvalue weighted by Crippen LogP contribution is 2.33. The number of aromatic nitrogens is 1. The van der Waals surface area contributed by atoms with Gasteiger partial charge in [0.15, 0.2) is 0 Å². The first-order chi connectivity index (χ1) is 8.65. The molecule has 1 heterocycles. The van der Waals surface area contributed by atoms with E-state index in [0.717, 1.165) is 0 Å². The standard InChI is InChI=1S/C9H6ClF5N2O2/c10-6(18)3-1-4(7(11)12)8(17-5(3)2-16)19-9(13,14)15/h1,7H,2,16H2. The van der Waals surface area contributed by atoms with Crippen molar-refractivity contribution in [2.45, 2.75) is 19.3 Å². The number of halogens is 6. The molecule has 0 bridgehead atoms. The number of nitrogens with zero attached hydrogens (tertiary/aromatic N) is 1. The maximum absolute atomic E-state index is 12.6. The first-order valence-electron chi connectivity index (χ1n) is 4.63. The summed E-state index contributed by atoms with van der Waals surface area (Å²) >= 11 is 5.11. The number of ether oxygens (including phenoxy) is 1. The molecule has 0 radical (unpaired) electrons. The number of hydrogen-bond acceptors (Lipinski definition) is 4. The Morgan fingerprint density at radius 3 is 2.42 bits per heavy atom. The minimum Gasteiger partial charge on any atom is -0.387 e. The highest BCUT2D eigenvalue weighted by molar-refractivity contribution is 6.67. The third-order valence-electron chi connectivity index (χ3n) is 1.95. The van der Waals surface area contributed by atoms with Gasteiger partial charge < -0.3 is 10.5 Å². The Bertz CT molecular complexity index is 492. The van der Waals surface area contributed by atoms with Gasteiger partial charge in [0.1, 0.15) is 0 Å². The quantitative estimate of drug-likeness (QED) is 0.686. The van der Waals surface area contributed by atoms with Crippen LogP contribution in [0, 0.1) is 0 Å². The molecule has 0 amide bonds. The van der Waals surface area contributed by atoms with Crippen molar-refractivity contribution in [2.75, 3.05) is 0 Å². The molecule has 19 heavy (non-hydrogen) atoms. The molecule has 0 spiro atoms. The minimum atomic E-state index is -5.20. The van der Waals surface area contributed by atoms with E-state index in [1.807, 2.05) is 0 Å². The number of nitrogens with two attached hydrogens (primary N) is 1. The topological polar surface area (TPSA) is 65.2 Å². The Labute approximate surface area is 108 Å². The summed E-state index contributed by atoms with van der Waals surface area (Å²) in [5.74, 6) is -1.36.